The van der Waals surface area contributed by atoms with Crippen LogP contribution in [-0.2, 0) is 13.1 Å². The van der Waals surface area contributed by atoms with Gasteiger partial charge < -0.3 is 19.7 Å². The van der Waals surface area contributed by atoms with Crippen molar-refractivity contribution < 1.29 is 9.47 Å². The third-order valence-corrected chi connectivity index (χ3v) is 3.89. The van der Waals surface area contributed by atoms with E-state index in [4.69, 9.17) is 21.1 Å². The molecule has 0 spiro atoms. The van der Waals surface area contributed by atoms with E-state index in [9.17, 15) is 0 Å². The highest BCUT2D eigenvalue weighted by molar-refractivity contribution is 6.32. The van der Waals surface area contributed by atoms with Crippen LogP contribution in [0.25, 0.3) is 0 Å². The summed E-state index contributed by atoms with van der Waals surface area (Å²) in [5.74, 6) is 1.21. The van der Waals surface area contributed by atoms with Gasteiger partial charge in [-0.05, 0) is 35.4 Å². The minimum absolute atomic E-state index is 0.555. The van der Waals surface area contributed by atoms with Crippen LogP contribution in [0, 0.1) is 0 Å². The van der Waals surface area contributed by atoms with Crippen LogP contribution in [-0.4, -0.2) is 28.3 Å². The predicted octanol–water partition coefficient (Wildman–Crippen LogP) is 3.71. The van der Waals surface area contributed by atoms with E-state index >= 15 is 0 Å². The van der Waals surface area contributed by atoms with Gasteiger partial charge in [0.25, 0.3) is 0 Å². The van der Waals surface area contributed by atoms with Crippen molar-refractivity contribution in [3.63, 3.8) is 0 Å². The Morgan fingerprint density at radius 3 is 2.17 bits per heavy atom. The van der Waals surface area contributed by atoms with Crippen LogP contribution >= 0.6 is 11.6 Å². The SMILES string of the molecule is COc1cc(CNCc2ccc(N(C)C)cc2)cc(Cl)c1OC. The van der Waals surface area contributed by atoms with Gasteiger partial charge in [0.15, 0.2) is 11.5 Å². The Kier molecular flexibility index (Phi) is 6.13. The molecule has 0 aromatic heterocycles. The number of halogens is 1. The van der Waals surface area contributed by atoms with Crippen molar-refractivity contribution in [3.8, 4) is 11.5 Å². The highest BCUT2D eigenvalue weighted by Crippen LogP contribution is 2.35. The van der Waals surface area contributed by atoms with Crippen molar-refractivity contribution in [2.75, 3.05) is 33.2 Å². The molecule has 2 aromatic rings. The van der Waals surface area contributed by atoms with Gasteiger partial charge in [0.1, 0.15) is 0 Å². The lowest BCUT2D eigenvalue weighted by Crippen LogP contribution is -2.13. The molecule has 1 N–H and O–H groups in total. The molecule has 23 heavy (non-hydrogen) atoms. The number of nitrogens with one attached hydrogen (secondary N) is 1. The van der Waals surface area contributed by atoms with E-state index in [0.29, 0.717) is 23.1 Å². The fourth-order valence-electron chi connectivity index (χ4n) is 2.34. The zero-order valence-electron chi connectivity index (χ0n) is 14.0. The molecule has 0 radical (unpaired) electrons. The molecule has 0 atom stereocenters. The zero-order valence-corrected chi connectivity index (χ0v) is 14.8. The van der Waals surface area contributed by atoms with Crippen molar-refractivity contribution in [1.82, 2.24) is 5.32 Å². The van der Waals surface area contributed by atoms with Gasteiger partial charge in [0.2, 0.25) is 0 Å². The average molecular weight is 335 g/mol. The molecule has 5 heteroatoms. The van der Waals surface area contributed by atoms with E-state index in [0.717, 1.165) is 12.1 Å². The van der Waals surface area contributed by atoms with Gasteiger partial charge in [-0.2, -0.15) is 0 Å². The molecule has 4 nitrogen and oxygen atoms in total. The summed E-state index contributed by atoms with van der Waals surface area (Å²) in [5, 5.41) is 3.97. The Morgan fingerprint density at radius 1 is 0.957 bits per heavy atom. The third kappa shape index (κ3) is 4.53. The second kappa shape index (κ2) is 8.09. The van der Waals surface area contributed by atoms with Gasteiger partial charge in [-0.1, -0.05) is 23.7 Å². The van der Waals surface area contributed by atoms with Gasteiger partial charge in [-0.3, -0.25) is 0 Å². The summed E-state index contributed by atoms with van der Waals surface area (Å²) in [4.78, 5) is 2.09. The smallest absolute Gasteiger partial charge is 0.179 e. The van der Waals surface area contributed by atoms with Gasteiger partial charge in [-0.15, -0.1) is 0 Å². The summed E-state index contributed by atoms with van der Waals surface area (Å²) >= 11 is 6.22. The van der Waals surface area contributed by atoms with E-state index in [1.807, 2.05) is 26.2 Å². The summed E-state index contributed by atoms with van der Waals surface area (Å²) in [7, 11) is 7.26. The molecular formula is C18H23ClN2O2. The molecule has 2 rings (SSSR count). The molecule has 0 aliphatic carbocycles. The highest BCUT2D eigenvalue weighted by Gasteiger charge is 2.10. The minimum atomic E-state index is 0.555. The lowest BCUT2D eigenvalue weighted by Gasteiger charge is -2.14. The molecule has 0 saturated carbocycles. The van der Waals surface area contributed by atoms with Crippen LogP contribution in [0.4, 0.5) is 5.69 Å². The summed E-state index contributed by atoms with van der Waals surface area (Å²) in [6, 6.07) is 12.3. The first kappa shape index (κ1) is 17.4. The maximum atomic E-state index is 6.22. The summed E-state index contributed by atoms with van der Waals surface area (Å²) in [6.45, 7) is 1.50. The summed E-state index contributed by atoms with van der Waals surface area (Å²) in [5.41, 5.74) is 3.49. The number of hydrogen-bond acceptors (Lipinski definition) is 4. The van der Waals surface area contributed by atoms with E-state index in [1.54, 1.807) is 14.2 Å². The highest BCUT2D eigenvalue weighted by atomic mass is 35.5. The monoisotopic (exact) mass is 334 g/mol. The van der Waals surface area contributed by atoms with Crippen molar-refractivity contribution in [3.05, 3.63) is 52.5 Å². The molecular weight excluding hydrogens is 312 g/mol. The average Bonchev–Trinajstić information content (AvgIpc) is 2.54. The Labute approximate surface area is 143 Å². The Hall–Kier alpha value is -1.91. The molecule has 0 aliphatic rings. The Balaban J connectivity index is 1.97. The first-order valence-electron chi connectivity index (χ1n) is 7.42. The first-order chi connectivity index (χ1) is 11.0. The first-order valence-corrected chi connectivity index (χ1v) is 7.80. The van der Waals surface area contributed by atoms with Crippen molar-refractivity contribution in [2.24, 2.45) is 0 Å². The number of rotatable bonds is 7. The lowest BCUT2D eigenvalue weighted by molar-refractivity contribution is 0.354. The minimum Gasteiger partial charge on any atom is -0.493 e. The third-order valence-electron chi connectivity index (χ3n) is 3.60. The maximum Gasteiger partial charge on any atom is 0.179 e. The molecule has 0 amide bonds. The van der Waals surface area contributed by atoms with Crippen LogP contribution in [0.1, 0.15) is 11.1 Å². The van der Waals surface area contributed by atoms with E-state index < -0.39 is 0 Å². The van der Waals surface area contributed by atoms with Crippen molar-refractivity contribution >= 4 is 17.3 Å². The van der Waals surface area contributed by atoms with Crippen LogP contribution < -0.4 is 19.7 Å². The van der Waals surface area contributed by atoms with Gasteiger partial charge in [0.05, 0.1) is 19.2 Å². The Bertz CT molecular complexity index is 642. The fourth-order valence-corrected chi connectivity index (χ4v) is 2.65. The molecule has 0 fully saturated rings. The number of ether oxygens (including phenoxy) is 2. The molecule has 0 saturated heterocycles. The van der Waals surface area contributed by atoms with Gasteiger partial charge >= 0.3 is 0 Å². The lowest BCUT2D eigenvalue weighted by atomic mass is 10.1. The molecule has 0 aliphatic heterocycles. The van der Waals surface area contributed by atoms with Crippen molar-refractivity contribution in [1.29, 1.82) is 0 Å². The Morgan fingerprint density at radius 2 is 1.61 bits per heavy atom. The summed E-state index contributed by atoms with van der Waals surface area (Å²) < 4.78 is 10.6. The van der Waals surface area contributed by atoms with Crippen LogP contribution in [0.2, 0.25) is 5.02 Å². The normalized spacial score (nSPS) is 10.5. The van der Waals surface area contributed by atoms with E-state index in [-0.39, 0.29) is 0 Å². The van der Waals surface area contributed by atoms with Gasteiger partial charge in [0, 0.05) is 32.9 Å². The number of hydrogen-bond donors (Lipinski definition) is 1. The fraction of sp³-hybridized carbons (Fsp3) is 0.333. The quantitative estimate of drug-likeness (QED) is 0.837. The number of methoxy groups -OCH3 is 2. The number of nitrogens with zero attached hydrogens (tertiary/aromatic N) is 1. The van der Waals surface area contributed by atoms with E-state index in [1.165, 1.54) is 11.3 Å². The molecule has 2 aromatic carbocycles. The van der Waals surface area contributed by atoms with E-state index in [2.05, 4.69) is 34.5 Å². The second-order valence-electron chi connectivity index (χ2n) is 5.48. The topological polar surface area (TPSA) is 33.7 Å². The van der Waals surface area contributed by atoms with Crippen LogP contribution in [0.3, 0.4) is 0 Å². The molecule has 0 heterocycles. The maximum absolute atomic E-state index is 6.22. The van der Waals surface area contributed by atoms with Gasteiger partial charge in [-0.25, -0.2) is 0 Å². The summed E-state index contributed by atoms with van der Waals surface area (Å²) in [6.07, 6.45) is 0. The number of anilines is 1. The second-order valence-corrected chi connectivity index (χ2v) is 5.88. The zero-order chi connectivity index (χ0) is 16.8. The predicted molar refractivity (Wildman–Crippen MR) is 95.9 cm³/mol. The standard InChI is InChI=1S/C18H23ClN2O2/c1-21(2)15-7-5-13(6-8-15)11-20-12-14-9-16(19)18(23-4)17(10-14)22-3/h5-10,20H,11-12H2,1-4H3. The largest absolute Gasteiger partial charge is 0.493 e. The van der Waals surface area contributed by atoms with Crippen LogP contribution in [0.15, 0.2) is 36.4 Å². The number of benzene rings is 2. The van der Waals surface area contributed by atoms with Crippen molar-refractivity contribution in [2.45, 2.75) is 13.1 Å². The van der Waals surface area contributed by atoms with Crippen LogP contribution in [0.5, 0.6) is 11.5 Å². The molecule has 0 unspecified atom stereocenters. The molecule has 124 valence electrons. The molecule has 0 bridgehead atoms.